The van der Waals surface area contributed by atoms with Crippen molar-refractivity contribution in [2.24, 2.45) is 11.7 Å². The molecule has 1 saturated heterocycles. The van der Waals surface area contributed by atoms with E-state index in [1.165, 1.54) is 18.4 Å². The molecule has 1 atom stereocenters. The van der Waals surface area contributed by atoms with Gasteiger partial charge in [-0.3, -0.25) is 4.90 Å². The largest absolute Gasteiger partial charge is 0.444 e. The van der Waals surface area contributed by atoms with Crippen LogP contribution >= 0.6 is 0 Å². The maximum atomic E-state index is 5.69. The van der Waals surface area contributed by atoms with E-state index in [0.717, 1.165) is 49.8 Å². The van der Waals surface area contributed by atoms with Gasteiger partial charge in [0.25, 0.3) is 0 Å². The number of piperidine rings is 1. The van der Waals surface area contributed by atoms with E-state index in [0.29, 0.717) is 5.89 Å². The number of oxazole rings is 1. The first-order valence-corrected chi connectivity index (χ1v) is 8.18. The van der Waals surface area contributed by atoms with E-state index in [2.05, 4.69) is 41.1 Å². The average Bonchev–Trinajstić information content (AvgIpc) is 2.97. The van der Waals surface area contributed by atoms with Gasteiger partial charge in [0.1, 0.15) is 6.26 Å². The minimum absolute atomic E-state index is 0.713. The third-order valence-electron chi connectivity index (χ3n) is 4.41. The van der Waals surface area contributed by atoms with Crippen LogP contribution in [0.5, 0.6) is 0 Å². The van der Waals surface area contributed by atoms with Crippen molar-refractivity contribution in [3.05, 3.63) is 41.8 Å². The second-order valence-electron chi connectivity index (χ2n) is 6.33. The molecule has 2 aromatic rings. The molecule has 2 N–H and O–H groups in total. The van der Waals surface area contributed by atoms with Crippen molar-refractivity contribution in [1.82, 2.24) is 9.88 Å². The highest BCUT2D eigenvalue weighted by Gasteiger charge is 2.20. The number of hydrogen-bond acceptors (Lipinski definition) is 4. The molecule has 1 aliphatic rings. The van der Waals surface area contributed by atoms with Crippen molar-refractivity contribution < 1.29 is 4.42 Å². The zero-order valence-electron chi connectivity index (χ0n) is 13.3. The Morgan fingerprint density at radius 3 is 2.91 bits per heavy atom. The van der Waals surface area contributed by atoms with Gasteiger partial charge in [0, 0.05) is 18.7 Å². The van der Waals surface area contributed by atoms with E-state index in [9.17, 15) is 0 Å². The molecule has 118 valence electrons. The minimum Gasteiger partial charge on any atom is -0.444 e. The van der Waals surface area contributed by atoms with Crippen LogP contribution in [0, 0.1) is 12.8 Å². The molecule has 0 spiro atoms. The van der Waals surface area contributed by atoms with Gasteiger partial charge in [0.15, 0.2) is 0 Å². The standard InChI is InChI=1S/C18H25N3O/c1-14-4-6-16(7-5-14)18-20-17(13-22-18)12-21-10-2-3-15(11-21)8-9-19/h4-7,13,15H,2-3,8-12,19H2,1H3. The Labute approximate surface area is 132 Å². The molecule has 0 radical (unpaired) electrons. The molecule has 1 aliphatic heterocycles. The number of likely N-dealkylation sites (tertiary alicyclic amines) is 1. The quantitative estimate of drug-likeness (QED) is 0.921. The van der Waals surface area contributed by atoms with Gasteiger partial charge in [0.05, 0.1) is 5.69 Å². The fraction of sp³-hybridized carbons (Fsp3) is 0.500. The van der Waals surface area contributed by atoms with Crippen molar-refractivity contribution in [3.63, 3.8) is 0 Å². The first-order chi connectivity index (χ1) is 10.7. The Hall–Kier alpha value is -1.65. The molecule has 22 heavy (non-hydrogen) atoms. The Bertz CT molecular complexity index is 589. The highest BCUT2D eigenvalue weighted by molar-refractivity contribution is 5.53. The molecule has 0 saturated carbocycles. The minimum atomic E-state index is 0.713. The monoisotopic (exact) mass is 299 g/mol. The fourth-order valence-electron chi connectivity index (χ4n) is 3.20. The summed E-state index contributed by atoms with van der Waals surface area (Å²) in [6.45, 7) is 6.02. The molecule has 2 heterocycles. The van der Waals surface area contributed by atoms with Gasteiger partial charge in [0.2, 0.25) is 5.89 Å². The van der Waals surface area contributed by atoms with Crippen LogP contribution in [0.15, 0.2) is 34.9 Å². The maximum absolute atomic E-state index is 5.69. The van der Waals surface area contributed by atoms with Crippen LogP contribution in [0.25, 0.3) is 11.5 Å². The molecule has 0 amide bonds. The summed E-state index contributed by atoms with van der Waals surface area (Å²) in [4.78, 5) is 7.12. The van der Waals surface area contributed by atoms with Crippen LogP contribution in [0.3, 0.4) is 0 Å². The van der Waals surface area contributed by atoms with Gasteiger partial charge in [-0.1, -0.05) is 17.7 Å². The van der Waals surface area contributed by atoms with Crippen LogP contribution in [0.1, 0.15) is 30.5 Å². The maximum Gasteiger partial charge on any atom is 0.226 e. The Kier molecular flexibility index (Phi) is 4.90. The van der Waals surface area contributed by atoms with Crippen LogP contribution < -0.4 is 5.73 Å². The van der Waals surface area contributed by atoms with Gasteiger partial charge >= 0.3 is 0 Å². The number of hydrogen-bond donors (Lipinski definition) is 1. The normalized spacial score (nSPS) is 19.5. The molecule has 4 heteroatoms. The van der Waals surface area contributed by atoms with Gasteiger partial charge < -0.3 is 10.2 Å². The van der Waals surface area contributed by atoms with Gasteiger partial charge in [-0.15, -0.1) is 0 Å². The number of benzene rings is 1. The van der Waals surface area contributed by atoms with E-state index in [4.69, 9.17) is 10.2 Å². The lowest BCUT2D eigenvalue weighted by molar-refractivity contribution is 0.161. The molecule has 4 nitrogen and oxygen atoms in total. The summed E-state index contributed by atoms with van der Waals surface area (Å²) in [6.07, 6.45) is 5.49. The van der Waals surface area contributed by atoms with Crippen molar-refractivity contribution in [2.45, 2.75) is 32.7 Å². The predicted octanol–water partition coefficient (Wildman–Crippen LogP) is 3.21. The zero-order valence-corrected chi connectivity index (χ0v) is 13.3. The topological polar surface area (TPSA) is 55.3 Å². The first kappa shape index (κ1) is 15.3. The van der Waals surface area contributed by atoms with E-state index in [-0.39, 0.29) is 0 Å². The number of rotatable bonds is 5. The lowest BCUT2D eigenvalue weighted by Crippen LogP contribution is -2.35. The van der Waals surface area contributed by atoms with Crippen molar-refractivity contribution in [3.8, 4) is 11.5 Å². The summed E-state index contributed by atoms with van der Waals surface area (Å²) >= 11 is 0. The average molecular weight is 299 g/mol. The fourth-order valence-corrected chi connectivity index (χ4v) is 3.20. The van der Waals surface area contributed by atoms with Crippen LogP contribution in [0.4, 0.5) is 0 Å². The van der Waals surface area contributed by atoms with Crippen molar-refractivity contribution in [1.29, 1.82) is 0 Å². The predicted molar refractivity (Wildman–Crippen MR) is 88.3 cm³/mol. The molecule has 1 aromatic heterocycles. The third kappa shape index (κ3) is 3.76. The molecular formula is C18H25N3O. The highest BCUT2D eigenvalue weighted by Crippen LogP contribution is 2.23. The van der Waals surface area contributed by atoms with Crippen LogP contribution in [0.2, 0.25) is 0 Å². The van der Waals surface area contributed by atoms with E-state index >= 15 is 0 Å². The Balaban J connectivity index is 1.63. The summed E-state index contributed by atoms with van der Waals surface area (Å²) in [7, 11) is 0. The summed E-state index contributed by atoms with van der Waals surface area (Å²) < 4.78 is 5.65. The lowest BCUT2D eigenvalue weighted by Gasteiger charge is -2.31. The molecule has 1 unspecified atom stereocenters. The Morgan fingerprint density at radius 1 is 1.32 bits per heavy atom. The summed E-state index contributed by atoms with van der Waals surface area (Å²) in [5, 5.41) is 0. The molecule has 0 bridgehead atoms. The van der Waals surface area contributed by atoms with Crippen LogP contribution in [-0.4, -0.2) is 29.5 Å². The molecule has 3 rings (SSSR count). The van der Waals surface area contributed by atoms with Gasteiger partial charge in [-0.2, -0.15) is 0 Å². The first-order valence-electron chi connectivity index (χ1n) is 8.18. The second-order valence-corrected chi connectivity index (χ2v) is 6.33. The SMILES string of the molecule is Cc1ccc(-c2nc(CN3CCCC(CCN)C3)co2)cc1. The summed E-state index contributed by atoms with van der Waals surface area (Å²) in [6, 6.07) is 8.29. The summed E-state index contributed by atoms with van der Waals surface area (Å²) in [5.41, 5.74) is 8.99. The Morgan fingerprint density at radius 2 is 2.14 bits per heavy atom. The number of aromatic nitrogens is 1. The second kappa shape index (κ2) is 7.07. The van der Waals surface area contributed by atoms with Gasteiger partial charge in [-0.05, 0) is 57.3 Å². The summed E-state index contributed by atoms with van der Waals surface area (Å²) in [5.74, 6) is 1.45. The third-order valence-corrected chi connectivity index (χ3v) is 4.41. The van der Waals surface area contributed by atoms with E-state index in [1.807, 2.05) is 0 Å². The molecule has 1 fully saturated rings. The number of nitrogens with zero attached hydrogens (tertiary/aromatic N) is 2. The highest BCUT2D eigenvalue weighted by atomic mass is 16.3. The zero-order chi connectivity index (χ0) is 15.4. The molecular weight excluding hydrogens is 274 g/mol. The lowest BCUT2D eigenvalue weighted by atomic mass is 9.95. The molecule has 1 aromatic carbocycles. The van der Waals surface area contributed by atoms with Crippen molar-refractivity contribution in [2.75, 3.05) is 19.6 Å². The van der Waals surface area contributed by atoms with E-state index < -0.39 is 0 Å². The smallest absolute Gasteiger partial charge is 0.226 e. The van der Waals surface area contributed by atoms with Crippen molar-refractivity contribution >= 4 is 0 Å². The number of nitrogens with two attached hydrogens (primary N) is 1. The van der Waals surface area contributed by atoms with Gasteiger partial charge in [-0.25, -0.2) is 4.98 Å². The van der Waals surface area contributed by atoms with E-state index in [1.54, 1.807) is 6.26 Å². The molecule has 0 aliphatic carbocycles. The number of aryl methyl sites for hydroxylation is 1. The van der Waals surface area contributed by atoms with Crippen LogP contribution in [-0.2, 0) is 6.54 Å².